The van der Waals surface area contributed by atoms with Crippen LogP contribution in [0.15, 0.2) is 0 Å². The number of alkyl carbamates (subject to hydrolysis) is 1. The van der Waals surface area contributed by atoms with E-state index in [1.807, 2.05) is 20.8 Å². The van der Waals surface area contributed by atoms with Gasteiger partial charge in [0.15, 0.2) is 0 Å². The summed E-state index contributed by atoms with van der Waals surface area (Å²) in [6.07, 6.45) is 2.22. The average molecular weight is 257 g/mol. The van der Waals surface area contributed by atoms with Gasteiger partial charge in [0, 0.05) is 25.7 Å². The average Bonchev–Trinajstić information content (AvgIpc) is 2.63. The first-order valence-corrected chi connectivity index (χ1v) is 6.60. The summed E-state index contributed by atoms with van der Waals surface area (Å²) in [5.74, 6) is 0. The van der Waals surface area contributed by atoms with Gasteiger partial charge in [-0.15, -0.1) is 0 Å². The van der Waals surface area contributed by atoms with Gasteiger partial charge in [0.05, 0.1) is 12.2 Å². The number of amides is 1. The number of carbonyl (C=O) groups excluding carboxylic acids is 1. The lowest BCUT2D eigenvalue weighted by molar-refractivity contribution is -0.0892. The first-order chi connectivity index (χ1) is 8.39. The molecule has 2 fully saturated rings. The minimum absolute atomic E-state index is 0.121. The van der Waals surface area contributed by atoms with Crippen LogP contribution in [-0.2, 0) is 14.2 Å². The maximum absolute atomic E-state index is 11.7. The lowest BCUT2D eigenvalue weighted by atomic mass is 9.90. The Balaban J connectivity index is 1.84. The zero-order chi connectivity index (χ0) is 13.2. The highest BCUT2D eigenvalue weighted by molar-refractivity contribution is 5.68. The molecule has 2 aliphatic heterocycles. The quantitative estimate of drug-likeness (QED) is 0.779. The highest BCUT2D eigenvalue weighted by Crippen LogP contribution is 2.32. The summed E-state index contributed by atoms with van der Waals surface area (Å²) < 4.78 is 16.5. The molecule has 5 heteroatoms. The molecule has 2 heterocycles. The molecule has 0 aliphatic carbocycles. The van der Waals surface area contributed by atoms with Crippen LogP contribution < -0.4 is 5.32 Å². The van der Waals surface area contributed by atoms with E-state index in [2.05, 4.69) is 5.32 Å². The summed E-state index contributed by atoms with van der Waals surface area (Å²) in [5, 5.41) is 2.93. The number of hydrogen-bond acceptors (Lipinski definition) is 4. The molecule has 1 N–H and O–H groups in total. The van der Waals surface area contributed by atoms with Crippen LogP contribution in [0, 0.1) is 0 Å². The van der Waals surface area contributed by atoms with Crippen LogP contribution in [0.1, 0.15) is 40.0 Å². The number of hydrogen-bond donors (Lipinski definition) is 1. The molecule has 0 aromatic heterocycles. The predicted octanol–water partition coefficient (Wildman–Crippen LogP) is 1.85. The number of rotatable bonds is 1. The Bertz CT molecular complexity index is 305. The summed E-state index contributed by atoms with van der Waals surface area (Å²) in [6, 6.07) is 0.121. The van der Waals surface area contributed by atoms with Crippen molar-refractivity contribution in [3.8, 4) is 0 Å². The van der Waals surface area contributed by atoms with Crippen LogP contribution in [0.4, 0.5) is 4.79 Å². The van der Waals surface area contributed by atoms with Gasteiger partial charge in [0.1, 0.15) is 5.60 Å². The van der Waals surface area contributed by atoms with E-state index in [4.69, 9.17) is 14.2 Å². The molecule has 2 rings (SSSR count). The monoisotopic (exact) mass is 257 g/mol. The largest absolute Gasteiger partial charge is 0.444 e. The molecule has 0 bridgehead atoms. The van der Waals surface area contributed by atoms with E-state index in [1.165, 1.54) is 0 Å². The van der Waals surface area contributed by atoms with Crippen molar-refractivity contribution < 1.29 is 19.0 Å². The van der Waals surface area contributed by atoms with Gasteiger partial charge in [-0.3, -0.25) is 0 Å². The smallest absolute Gasteiger partial charge is 0.407 e. The Kier molecular flexibility index (Phi) is 3.82. The van der Waals surface area contributed by atoms with Crippen molar-refractivity contribution in [3.05, 3.63) is 0 Å². The van der Waals surface area contributed by atoms with E-state index >= 15 is 0 Å². The molecule has 1 spiro atoms. The molecule has 0 radical (unpaired) electrons. The van der Waals surface area contributed by atoms with Crippen molar-refractivity contribution in [3.63, 3.8) is 0 Å². The van der Waals surface area contributed by atoms with Gasteiger partial charge in [-0.1, -0.05) is 0 Å². The second kappa shape index (κ2) is 5.05. The van der Waals surface area contributed by atoms with Crippen molar-refractivity contribution in [1.82, 2.24) is 5.32 Å². The van der Waals surface area contributed by atoms with Crippen LogP contribution >= 0.6 is 0 Å². The Morgan fingerprint density at radius 3 is 2.78 bits per heavy atom. The van der Waals surface area contributed by atoms with Crippen molar-refractivity contribution in [2.45, 2.75) is 57.3 Å². The van der Waals surface area contributed by atoms with E-state index in [9.17, 15) is 4.79 Å². The standard InChI is InChI=1S/C13H23NO4/c1-12(2,3)18-11(15)14-10-4-6-17-13(8-10)5-7-16-9-13/h10H,4-9H2,1-3H3,(H,14,15). The Morgan fingerprint density at radius 2 is 2.17 bits per heavy atom. The second-order valence-electron chi connectivity index (χ2n) is 6.17. The lowest BCUT2D eigenvalue weighted by Crippen LogP contribution is -2.49. The molecule has 104 valence electrons. The highest BCUT2D eigenvalue weighted by atomic mass is 16.6. The van der Waals surface area contributed by atoms with Gasteiger partial charge in [0.25, 0.3) is 0 Å². The molecule has 0 aromatic carbocycles. The van der Waals surface area contributed by atoms with E-state index in [1.54, 1.807) is 0 Å². The Morgan fingerprint density at radius 1 is 1.39 bits per heavy atom. The maximum atomic E-state index is 11.7. The SMILES string of the molecule is CC(C)(C)OC(=O)NC1CCOC2(CCOC2)C1. The highest BCUT2D eigenvalue weighted by Gasteiger charge is 2.41. The molecule has 5 nitrogen and oxygen atoms in total. The normalized spacial score (nSPS) is 32.5. The van der Waals surface area contributed by atoms with E-state index < -0.39 is 5.60 Å². The third kappa shape index (κ3) is 3.59. The molecule has 2 unspecified atom stereocenters. The molecule has 0 saturated carbocycles. The van der Waals surface area contributed by atoms with Gasteiger partial charge in [-0.05, 0) is 33.6 Å². The molecule has 2 aliphatic rings. The minimum Gasteiger partial charge on any atom is -0.444 e. The summed E-state index contributed by atoms with van der Waals surface area (Å²) in [7, 11) is 0. The van der Waals surface area contributed by atoms with Crippen LogP contribution in [0.5, 0.6) is 0 Å². The summed E-state index contributed by atoms with van der Waals surface area (Å²) in [4.78, 5) is 11.7. The van der Waals surface area contributed by atoms with Crippen molar-refractivity contribution in [2.75, 3.05) is 19.8 Å². The summed E-state index contributed by atoms with van der Waals surface area (Å²) in [5.41, 5.74) is -0.638. The van der Waals surface area contributed by atoms with Crippen LogP contribution in [0.2, 0.25) is 0 Å². The fourth-order valence-corrected chi connectivity index (χ4v) is 2.49. The Hall–Kier alpha value is -0.810. The molecule has 1 amide bonds. The molecular weight excluding hydrogens is 234 g/mol. The van der Waals surface area contributed by atoms with Crippen LogP contribution in [-0.4, -0.2) is 43.2 Å². The maximum Gasteiger partial charge on any atom is 0.407 e. The molecule has 18 heavy (non-hydrogen) atoms. The molecule has 2 atom stereocenters. The van der Waals surface area contributed by atoms with E-state index in [0.29, 0.717) is 13.2 Å². The van der Waals surface area contributed by atoms with Crippen molar-refractivity contribution in [1.29, 1.82) is 0 Å². The summed E-state index contributed by atoms with van der Waals surface area (Å²) >= 11 is 0. The topological polar surface area (TPSA) is 56.8 Å². The third-order valence-electron chi connectivity index (χ3n) is 3.28. The molecule has 0 aromatic rings. The van der Waals surface area contributed by atoms with Gasteiger partial charge in [-0.2, -0.15) is 0 Å². The Labute approximate surface area is 108 Å². The minimum atomic E-state index is -0.455. The second-order valence-corrected chi connectivity index (χ2v) is 6.17. The number of carbonyl (C=O) groups is 1. The first-order valence-electron chi connectivity index (χ1n) is 6.60. The zero-order valence-electron chi connectivity index (χ0n) is 11.5. The van der Waals surface area contributed by atoms with Crippen molar-refractivity contribution in [2.24, 2.45) is 0 Å². The molecular formula is C13H23NO4. The summed E-state index contributed by atoms with van der Waals surface area (Å²) in [6.45, 7) is 7.65. The fraction of sp³-hybridized carbons (Fsp3) is 0.923. The van der Waals surface area contributed by atoms with Crippen molar-refractivity contribution >= 4 is 6.09 Å². The predicted molar refractivity (Wildman–Crippen MR) is 66.5 cm³/mol. The van der Waals surface area contributed by atoms with E-state index in [0.717, 1.165) is 25.9 Å². The third-order valence-corrected chi connectivity index (χ3v) is 3.28. The van der Waals surface area contributed by atoms with Gasteiger partial charge in [-0.25, -0.2) is 4.79 Å². The van der Waals surface area contributed by atoms with Gasteiger partial charge >= 0.3 is 6.09 Å². The van der Waals surface area contributed by atoms with Gasteiger partial charge < -0.3 is 19.5 Å². The lowest BCUT2D eigenvalue weighted by Gasteiger charge is -2.37. The first kappa shape index (κ1) is 13.6. The van der Waals surface area contributed by atoms with Crippen LogP contribution in [0.3, 0.4) is 0 Å². The fourth-order valence-electron chi connectivity index (χ4n) is 2.49. The number of ether oxygens (including phenoxy) is 3. The molecule has 2 saturated heterocycles. The van der Waals surface area contributed by atoms with E-state index in [-0.39, 0.29) is 17.7 Å². The van der Waals surface area contributed by atoms with Crippen LogP contribution in [0.25, 0.3) is 0 Å². The van der Waals surface area contributed by atoms with Gasteiger partial charge in [0.2, 0.25) is 0 Å². The zero-order valence-corrected chi connectivity index (χ0v) is 11.5. The number of nitrogens with one attached hydrogen (secondary N) is 1.